The molecule has 4 heteroatoms. The van der Waals surface area contributed by atoms with E-state index in [-0.39, 0.29) is 11.4 Å². The molecule has 0 fully saturated rings. The van der Waals surface area contributed by atoms with E-state index in [0.717, 1.165) is 0 Å². The van der Waals surface area contributed by atoms with E-state index in [2.05, 4.69) is 18.1 Å². The Kier molecular flexibility index (Phi) is 3.67. The van der Waals surface area contributed by atoms with Crippen LogP contribution in [0.1, 0.15) is 16.7 Å². The van der Waals surface area contributed by atoms with Gasteiger partial charge in [0.2, 0.25) is 11.8 Å². The zero-order valence-electron chi connectivity index (χ0n) is 8.77. The Morgan fingerprint density at radius 2 is 1.69 bits per heavy atom. The minimum Gasteiger partial charge on any atom is -0.493 e. The van der Waals surface area contributed by atoms with Crippen molar-refractivity contribution in [2.75, 3.05) is 0 Å². The molecule has 0 saturated carbocycles. The highest BCUT2D eigenvalue weighted by molar-refractivity contribution is 5.52. The quantitative estimate of drug-likeness (QED) is 0.752. The van der Waals surface area contributed by atoms with Crippen LogP contribution in [0.25, 0.3) is 0 Å². The molecule has 4 nitrogen and oxygen atoms in total. The predicted octanol–water partition coefficient (Wildman–Crippen LogP) is 1.82. The van der Waals surface area contributed by atoms with Crippen molar-refractivity contribution in [2.45, 2.75) is 12.8 Å². The lowest BCUT2D eigenvalue weighted by molar-refractivity contribution is 0.407. The molecule has 0 unspecified atom stereocenters. The van der Waals surface area contributed by atoms with E-state index >= 15 is 0 Å². The maximum Gasteiger partial charge on any atom is 0.232 e. The van der Waals surface area contributed by atoms with E-state index < -0.39 is 5.88 Å². The fraction of sp³-hybridized carbons (Fsp3) is 0.167. The second kappa shape index (κ2) is 4.99. The van der Waals surface area contributed by atoms with Crippen molar-refractivity contribution in [1.29, 1.82) is 5.26 Å². The van der Waals surface area contributed by atoms with Crippen molar-refractivity contribution >= 4 is 0 Å². The highest BCUT2D eigenvalue weighted by atomic mass is 16.3. The first kappa shape index (κ1) is 11.8. The molecule has 82 valence electrons. The first-order valence-electron chi connectivity index (χ1n) is 4.71. The predicted molar refractivity (Wildman–Crippen MR) is 60.1 cm³/mol. The van der Waals surface area contributed by atoms with Crippen LogP contribution in [-0.2, 0) is 12.8 Å². The molecule has 0 aliphatic heterocycles. The average molecular weight is 216 g/mol. The van der Waals surface area contributed by atoms with Gasteiger partial charge in [0.05, 0.1) is 0 Å². The number of nitrogens with zero attached hydrogens (tertiary/aromatic N) is 2. The summed E-state index contributed by atoms with van der Waals surface area (Å²) in [5.74, 6) is -0.724. The van der Waals surface area contributed by atoms with Gasteiger partial charge in [-0.25, -0.2) is 0 Å². The highest BCUT2D eigenvalue weighted by Crippen LogP contribution is 2.29. The van der Waals surface area contributed by atoms with Crippen molar-refractivity contribution in [1.82, 2.24) is 4.98 Å². The van der Waals surface area contributed by atoms with Crippen LogP contribution < -0.4 is 0 Å². The van der Waals surface area contributed by atoms with Gasteiger partial charge in [0, 0.05) is 5.56 Å². The molecule has 1 heterocycles. The number of pyridine rings is 1. The zero-order chi connectivity index (χ0) is 12.1. The zero-order valence-corrected chi connectivity index (χ0v) is 8.77. The largest absolute Gasteiger partial charge is 0.493 e. The summed E-state index contributed by atoms with van der Waals surface area (Å²) in [5, 5.41) is 27.9. The Hall–Kier alpha value is -2.28. The molecule has 0 radical (unpaired) electrons. The van der Waals surface area contributed by atoms with Gasteiger partial charge in [-0.05, 0) is 18.4 Å². The van der Waals surface area contributed by atoms with Gasteiger partial charge in [0.25, 0.3) is 0 Å². The van der Waals surface area contributed by atoms with Crippen LogP contribution >= 0.6 is 0 Å². The number of aromatic hydroxyl groups is 2. The monoisotopic (exact) mass is 216 g/mol. The fourth-order valence-electron chi connectivity index (χ4n) is 1.49. The number of aromatic nitrogens is 1. The molecule has 1 aromatic heterocycles. The molecule has 0 amide bonds. The summed E-state index contributed by atoms with van der Waals surface area (Å²) in [4.78, 5) is 3.51. The first-order valence-corrected chi connectivity index (χ1v) is 4.71. The Morgan fingerprint density at radius 3 is 2.19 bits per heavy atom. The SMILES string of the molecule is C=CCc1c(O)nc(O)c(C#N)c1CC=C. The molecule has 16 heavy (non-hydrogen) atoms. The lowest BCUT2D eigenvalue weighted by Crippen LogP contribution is -2.00. The molecule has 0 bridgehead atoms. The van der Waals surface area contributed by atoms with Crippen LogP contribution in [-0.4, -0.2) is 15.2 Å². The van der Waals surface area contributed by atoms with Gasteiger partial charge in [0.15, 0.2) is 0 Å². The van der Waals surface area contributed by atoms with Crippen LogP contribution in [0.5, 0.6) is 11.8 Å². The molecule has 0 aliphatic carbocycles. The average Bonchev–Trinajstić information content (AvgIpc) is 2.24. The number of rotatable bonds is 4. The summed E-state index contributed by atoms with van der Waals surface area (Å²) >= 11 is 0. The summed E-state index contributed by atoms with van der Waals surface area (Å²) in [5.41, 5.74) is 1.13. The highest BCUT2D eigenvalue weighted by Gasteiger charge is 2.17. The van der Waals surface area contributed by atoms with Gasteiger partial charge in [0.1, 0.15) is 11.6 Å². The first-order chi connectivity index (χ1) is 7.65. The minimum absolute atomic E-state index is 0.0783. The fourth-order valence-corrected chi connectivity index (χ4v) is 1.49. The van der Waals surface area contributed by atoms with Crippen LogP contribution in [0, 0.1) is 11.3 Å². The van der Waals surface area contributed by atoms with Gasteiger partial charge < -0.3 is 10.2 Å². The topological polar surface area (TPSA) is 77.1 Å². The van der Waals surface area contributed by atoms with Gasteiger partial charge in [-0.15, -0.1) is 13.2 Å². The summed E-state index contributed by atoms with van der Waals surface area (Å²) in [6.07, 6.45) is 3.97. The Morgan fingerprint density at radius 1 is 1.12 bits per heavy atom. The molecule has 0 atom stereocenters. The standard InChI is InChI=1S/C12H12N2O2/c1-3-5-8-9(6-4-2)11(15)14-12(16)10(8)7-13/h3-4H,1-2,5-6H2,(H2,14,15,16). The molecule has 0 saturated heterocycles. The maximum atomic E-state index is 9.59. The van der Waals surface area contributed by atoms with Crippen molar-refractivity contribution in [3.05, 3.63) is 42.0 Å². The summed E-state index contributed by atoms with van der Waals surface area (Å²) in [6.45, 7) is 7.14. The molecule has 2 N–H and O–H groups in total. The third kappa shape index (κ3) is 2.04. The van der Waals surface area contributed by atoms with Gasteiger partial charge in [-0.1, -0.05) is 12.2 Å². The van der Waals surface area contributed by atoms with E-state index in [4.69, 9.17) is 5.26 Å². The second-order valence-corrected chi connectivity index (χ2v) is 3.19. The Balaban J connectivity index is 3.51. The molecule has 1 aromatic rings. The Bertz CT molecular complexity index is 473. The van der Waals surface area contributed by atoms with E-state index in [1.165, 1.54) is 0 Å². The normalized spacial score (nSPS) is 9.44. The van der Waals surface area contributed by atoms with E-state index in [9.17, 15) is 10.2 Å². The van der Waals surface area contributed by atoms with Crippen LogP contribution in [0.4, 0.5) is 0 Å². The molecule has 0 aliphatic rings. The van der Waals surface area contributed by atoms with Crippen molar-refractivity contribution in [2.24, 2.45) is 0 Å². The third-order valence-corrected chi connectivity index (χ3v) is 2.18. The molecule has 0 aromatic carbocycles. The summed E-state index contributed by atoms with van der Waals surface area (Å²) in [7, 11) is 0. The number of nitriles is 1. The molecular weight excluding hydrogens is 204 g/mol. The van der Waals surface area contributed by atoms with Crippen LogP contribution in [0.3, 0.4) is 0 Å². The lowest BCUT2D eigenvalue weighted by Gasteiger charge is -2.10. The number of hydrogen-bond acceptors (Lipinski definition) is 4. The Labute approximate surface area is 93.8 Å². The molecule has 1 rings (SSSR count). The smallest absolute Gasteiger partial charge is 0.232 e. The van der Waals surface area contributed by atoms with Gasteiger partial charge in [-0.2, -0.15) is 10.2 Å². The van der Waals surface area contributed by atoms with Gasteiger partial charge in [-0.3, -0.25) is 0 Å². The van der Waals surface area contributed by atoms with Crippen molar-refractivity contribution in [3.63, 3.8) is 0 Å². The lowest BCUT2D eigenvalue weighted by atomic mass is 9.98. The minimum atomic E-state index is -0.454. The third-order valence-electron chi connectivity index (χ3n) is 2.18. The maximum absolute atomic E-state index is 9.59. The van der Waals surface area contributed by atoms with Crippen molar-refractivity contribution < 1.29 is 10.2 Å². The van der Waals surface area contributed by atoms with Crippen LogP contribution in [0.15, 0.2) is 25.3 Å². The molecular formula is C12H12N2O2. The van der Waals surface area contributed by atoms with E-state index in [0.29, 0.717) is 24.0 Å². The van der Waals surface area contributed by atoms with E-state index in [1.807, 2.05) is 6.07 Å². The second-order valence-electron chi connectivity index (χ2n) is 3.19. The number of allylic oxidation sites excluding steroid dienone is 2. The number of hydrogen-bond donors (Lipinski definition) is 2. The van der Waals surface area contributed by atoms with Crippen LogP contribution in [0.2, 0.25) is 0 Å². The summed E-state index contributed by atoms with van der Waals surface area (Å²) in [6, 6.07) is 1.87. The van der Waals surface area contributed by atoms with Gasteiger partial charge >= 0.3 is 0 Å². The van der Waals surface area contributed by atoms with Crippen molar-refractivity contribution in [3.8, 4) is 17.8 Å². The molecule has 0 spiro atoms. The summed E-state index contributed by atoms with van der Waals surface area (Å²) < 4.78 is 0. The van der Waals surface area contributed by atoms with E-state index in [1.54, 1.807) is 12.2 Å².